The number of H-pyrrole nitrogens is 1. The highest BCUT2D eigenvalue weighted by Gasteiger charge is 2.26. The number of benzene rings is 1. The number of nitrogens with one attached hydrogen (secondary N) is 1. The van der Waals surface area contributed by atoms with E-state index in [0.717, 1.165) is 12.0 Å². The number of nitrogens with zero attached hydrogens (tertiary/aromatic N) is 3. The molecule has 0 spiro atoms. The molecule has 0 unspecified atom stereocenters. The first kappa shape index (κ1) is 31.2. The number of carbonyl (C=O) groups is 2. The Balaban J connectivity index is 2.27. The zero-order valence-corrected chi connectivity index (χ0v) is 23.9. The zero-order valence-electron chi connectivity index (χ0n) is 23.9. The van der Waals surface area contributed by atoms with Crippen LogP contribution in [0.15, 0.2) is 33.9 Å². The minimum Gasteiger partial charge on any atom is -0.493 e. The van der Waals surface area contributed by atoms with Gasteiger partial charge in [-0.3, -0.25) is 23.9 Å². The number of rotatable bonds is 13. The maximum absolute atomic E-state index is 13.4. The van der Waals surface area contributed by atoms with E-state index in [9.17, 15) is 19.2 Å². The first-order valence-corrected chi connectivity index (χ1v) is 13.1. The van der Waals surface area contributed by atoms with Gasteiger partial charge in [0, 0.05) is 26.2 Å². The Kier molecular flexibility index (Phi) is 11.4. The third kappa shape index (κ3) is 8.49. The summed E-state index contributed by atoms with van der Waals surface area (Å²) in [5, 5.41) is 0. The van der Waals surface area contributed by atoms with Crippen LogP contribution in [0.3, 0.4) is 0 Å². The lowest BCUT2D eigenvalue weighted by Gasteiger charge is -2.28. The van der Waals surface area contributed by atoms with Crippen molar-refractivity contribution in [3.8, 4) is 11.5 Å². The molecule has 2 amide bonds. The van der Waals surface area contributed by atoms with Gasteiger partial charge in [0.05, 0.1) is 13.7 Å². The van der Waals surface area contributed by atoms with E-state index in [4.69, 9.17) is 15.2 Å². The first-order valence-electron chi connectivity index (χ1n) is 13.1. The Hall–Kier alpha value is -4.02. The second-order valence-electron chi connectivity index (χ2n) is 10.2. The lowest BCUT2D eigenvalue weighted by molar-refractivity contribution is -0.130. The normalized spacial score (nSPS) is 11.3. The number of aromatic amines is 1. The van der Waals surface area contributed by atoms with Gasteiger partial charge in [-0.1, -0.05) is 40.7 Å². The molecule has 0 aliphatic carbocycles. The summed E-state index contributed by atoms with van der Waals surface area (Å²) in [6.07, 6.45) is 3.83. The number of carbonyl (C=O) groups excluding carboxylic acids is 2. The molecule has 0 fully saturated rings. The van der Waals surface area contributed by atoms with E-state index in [2.05, 4.69) is 4.98 Å². The molecule has 1 aromatic heterocycles. The van der Waals surface area contributed by atoms with E-state index in [-0.39, 0.29) is 43.0 Å². The van der Waals surface area contributed by atoms with Gasteiger partial charge >= 0.3 is 5.69 Å². The van der Waals surface area contributed by atoms with Gasteiger partial charge in [0.15, 0.2) is 17.2 Å². The fourth-order valence-electron chi connectivity index (χ4n) is 3.85. The van der Waals surface area contributed by atoms with E-state index in [0.29, 0.717) is 18.1 Å². The van der Waals surface area contributed by atoms with E-state index in [1.165, 1.54) is 27.5 Å². The number of ether oxygens (including phenoxy) is 2. The molecule has 0 saturated carbocycles. The van der Waals surface area contributed by atoms with Crippen LogP contribution in [0.25, 0.3) is 6.08 Å². The molecule has 0 aliphatic heterocycles. The zero-order chi connectivity index (χ0) is 29.3. The molecule has 3 N–H and O–H groups in total. The summed E-state index contributed by atoms with van der Waals surface area (Å²) in [5.74, 6) is 0.230. The van der Waals surface area contributed by atoms with Gasteiger partial charge in [-0.25, -0.2) is 4.79 Å². The summed E-state index contributed by atoms with van der Waals surface area (Å²) < 4.78 is 12.3. The minimum atomic E-state index is -0.749. The third-order valence-electron chi connectivity index (χ3n) is 5.70. The number of likely N-dealkylation sites (N-methyl/N-ethyl adjacent to an activating group) is 1. The Morgan fingerprint density at radius 1 is 1.13 bits per heavy atom. The predicted octanol–water partition coefficient (Wildman–Crippen LogP) is 2.73. The lowest BCUT2D eigenvalue weighted by atomic mass is 10.1. The fourth-order valence-corrected chi connectivity index (χ4v) is 3.85. The van der Waals surface area contributed by atoms with Gasteiger partial charge in [0.1, 0.15) is 12.4 Å². The van der Waals surface area contributed by atoms with Crippen LogP contribution in [-0.4, -0.2) is 60.1 Å². The van der Waals surface area contributed by atoms with Crippen molar-refractivity contribution in [1.82, 2.24) is 14.5 Å². The monoisotopic (exact) mass is 543 g/mol. The number of hydrogen-bond donors (Lipinski definition) is 2. The number of nitrogen functional groups attached to an aromatic ring is 1. The number of amides is 2. The van der Waals surface area contributed by atoms with Gasteiger partial charge in [-0.05, 0) is 42.0 Å². The van der Waals surface area contributed by atoms with Crippen molar-refractivity contribution in [2.24, 2.45) is 11.8 Å². The van der Waals surface area contributed by atoms with Crippen LogP contribution in [0, 0.1) is 11.8 Å². The van der Waals surface area contributed by atoms with Crippen LogP contribution in [0.4, 0.5) is 11.5 Å². The molecule has 1 aromatic carbocycles. The van der Waals surface area contributed by atoms with Crippen LogP contribution in [-0.2, 0) is 16.1 Å². The topological polar surface area (TPSA) is 140 Å². The quantitative estimate of drug-likeness (QED) is 0.370. The number of aromatic nitrogens is 2. The molecular weight excluding hydrogens is 502 g/mol. The lowest BCUT2D eigenvalue weighted by Crippen LogP contribution is -2.46. The third-order valence-corrected chi connectivity index (χ3v) is 5.70. The molecule has 2 aromatic rings. The van der Waals surface area contributed by atoms with E-state index >= 15 is 0 Å². The van der Waals surface area contributed by atoms with E-state index in [1.54, 1.807) is 31.4 Å². The second kappa shape index (κ2) is 14.2. The summed E-state index contributed by atoms with van der Waals surface area (Å²) in [5.41, 5.74) is 5.49. The molecule has 214 valence electrons. The van der Waals surface area contributed by atoms with Crippen molar-refractivity contribution in [3.05, 3.63) is 50.7 Å². The van der Waals surface area contributed by atoms with Crippen LogP contribution in [0.2, 0.25) is 0 Å². The molecule has 11 nitrogen and oxygen atoms in total. The highest BCUT2D eigenvalue weighted by molar-refractivity contribution is 6.00. The van der Waals surface area contributed by atoms with Gasteiger partial charge in [-0.15, -0.1) is 0 Å². The number of nitrogens with two attached hydrogens (primary N) is 1. The summed E-state index contributed by atoms with van der Waals surface area (Å²) in [7, 11) is 3.04. The minimum absolute atomic E-state index is 0.0154. The molecule has 0 saturated heterocycles. The summed E-state index contributed by atoms with van der Waals surface area (Å²) in [4.78, 5) is 56.1. The van der Waals surface area contributed by atoms with Crippen LogP contribution in [0.1, 0.15) is 46.6 Å². The second-order valence-corrected chi connectivity index (χ2v) is 10.2. The molecule has 39 heavy (non-hydrogen) atoms. The number of hydrogen-bond acceptors (Lipinski definition) is 7. The molecule has 0 bridgehead atoms. The first-order chi connectivity index (χ1) is 18.4. The van der Waals surface area contributed by atoms with Crippen molar-refractivity contribution in [3.63, 3.8) is 0 Å². The van der Waals surface area contributed by atoms with Crippen molar-refractivity contribution < 1.29 is 19.1 Å². The summed E-state index contributed by atoms with van der Waals surface area (Å²) in [6.45, 7) is 10.3. The average molecular weight is 544 g/mol. The van der Waals surface area contributed by atoms with Gasteiger partial charge in [-0.2, -0.15) is 0 Å². The molecular formula is C28H41N5O6. The predicted molar refractivity (Wildman–Crippen MR) is 153 cm³/mol. The molecule has 0 atom stereocenters. The highest BCUT2D eigenvalue weighted by atomic mass is 16.5. The summed E-state index contributed by atoms with van der Waals surface area (Å²) in [6, 6.07) is 5.33. The summed E-state index contributed by atoms with van der Waals surface area (Å²) >= 11 is 0. The Morgan fingerprint density at radius 3 is 2.41 bits per heavy atom. The fraction of sp³-hybridized carbons (Fsp3) is 0.500. The smallest absolute Gasteiger partial charge is 0.330 e. The van der Waals surface area contributed by atoms with Crippen LogP contribution in [0.5, 0.6) is 11.5 Å². The Labute approximate surface area is 229 Å². The number of anilines is 2. The van der Waals surface area contributed by atoms with E-state index in [1.807, 2.05) is 34.6 Å². The van der Waals surface area contributed by atoms with Gasteiger partial charge < -0.3 is 25.0 Å². The van der Waals surface area contributed by atoms with Gasteiger partial charge in [0.25, 0.3) is 5.56 Å². The SMILES string of the molecule is CCCOc1ccc(/C=C/C(=O)N(C)CC(=O)N(CC(C)C)c2c(N)n(CC(C)C)c(=O)[nH]c2=O)cc1OC. The maximum Gasteiger partial charge on any atom is 0.330 e. The molecule has 2 rings (SSSR count). The van der Waals surface area contributed by atoms with Crippen LogP contribution >= 0.6 is 0 Å². The van der Waals surface area contributed by atoms with Crippen molar-refractivity contribution >= 4 is 29.4 Å². The standard InChI is InChI=1S/C28H41N5O6/c1-8-13-39-21-11-9-20(14-22(21)38-7)10-12-23(34)31(6)17-24(35)32(15-18(2)3)25-26(29)33(16-19(4)5)28(37)30-27(25)36/h9-12,14,18-19H,8,13,15-17,29H2,1-7H3,(H,30,36,37)/b12-10+. The molecule has 0 aliphatic rings. The van der Waals surface area contributed by atoms with Crippen molar-refractivity contribution in [2.45, 2.75) is 47.6 Å². The van der Waals surface area contributed by atoms with E-state index < -0.39 is 23.1 Å². The molecule has 1 heterocycles. The largest absolute Gasteiger partial charge is 0.493 e. The van der Waals surface area contributed by atoms with Crippen LogP contribution < -0.4 is 31.4 Å². The Morgan fingerprint density at radius 2 is 1.82 bits per heavy atom. The maximum atomic E-state index is 13.4. The van der Waals surface area contributed by atoms with Gasteiger partial charge in [0.2, 0.25) is 11.8 Å². The molecule has 0 radical (unpaired) electrons. The Bertz CT molecular complexity index is 1290. The van der Waals surface area contributed by atoms with Crippen molar-refractivity contribution in [2.75, 3.05) is 44.5 Å². The highest BCUT2D eigenvalue weighted by Crippen LogP contribution is 2.28. The van der Waals surface area contributed by atoms with Crippen molar-refractivity contribution in [1.29, 1.82) is 0 Å². The molecule has 11 heteroatoms. The average Bonchev–Trinajstić information content (AvgIpc) is 2.87. The number of methoxy groups -OCH3 is 1.